The second-order valence-corrected chi connectivity index (χ2v) is 12.0. The minimum Gasteiger partial charge on any atom is -0.504 e. The highest BCUT2D eigenvalue weighted by Crippen LogP contribution is 2.65. The predicted octanol–water partition coefficient (Wildman–Crippen LogP) is 1.06. The fourth-order valence-corrected chi connectivity index (χ4v) is 6.92. The van der Waals surface area contributed by atoms with Gasteiger partial charge in [-0.25, -0.2) is 9.59 Å². The molecule has 2 heterocycles. The number of benzene rings is 1. The molecule has 0 unspecified atom stereocenters. The fraction of sp³-hybridized carbons (Fsp3) is 0.621. The molecule has 1 amide bonds. The first kappa shape index (κ1) is 28.4. The molecule has 2 bridgehead atoms. The van der Waals surface area contributed by atoms with Crippen LogP contribution in [0.15, 0.2) is 24.0 Å². The van der Waals surface area contributed by atoms with E-state index < -0.39 is 53.2 Å². The van der Waals surface area contributed by atoms with Gasteiger partial charge in [0, 0.05) is 18.0 Å². The van der Waals surface area contributed by atoms with Crippen molar-refractivity contribution in [3.05, 3.63) is 35.1 Å². The SMILES string of the molecule is CC(C)C[C@H](NC(=O)[C@H](C)O)C(=O)O[C@@H](C)C(=O)OC1=CC[C@@]2(O)[C@H]3Cc4ccc(O)c5c4[C@@]2(CCN3C)[C@H]1O5. The van der Waals surface area contributed by atoms with Gasteiger partial charge in [0.25, 0.3) is 0 Å². The Bertz CT molecular complexity index is 1260. The van der Waals surface area contributed by atoms with Crippen molar-refractivity contribution >= 4 is 17.8 Å². The minimum atomic E-state index is -1.31. The molecule has 1 aromatic rings. The maximum Gasteiger partial charge on any atom is 0.352 e. The standard InChI is InChI=1S/C29H38N2O9/c1-14(2)12-18(30-25(34)15(3)32)27(36)38-16(4)26(35)39-20-8-9-29(37)21-13-17-6-7-19(33)23-22(17)28(29,24(20)40-23)10-11-31(21)5/h6-8,14-16,18,21,24,32-33,37H,9-13H2,1-5H3,(H,30,34)/t15-,16-,18-,21+,24-,28-,29+/m0/s1. The van der Waals surface area contributed by atoms with Crippen molar-refractivity contribution in [2.45, 2.75) is 94.8 Å². The van der Waals surface area contributed by atoms with E-state index in [2.05, 4.69) is 10.2 Å². The molecular weight excluding hydrogens is 520 g/mol. The summed E-state index contributed by atoms with van der Waals surface area (Å²) in [4.78, 5) is 40.2. The van der Waals surface area contributed by atoms with Crippen LogP contribution in [0.3, 0.4) is 0 Å². The molecule has 7 atom stereocenters. The average molecular weight is 559 g/mol. The van der Waals surface area contributed by atoms with E-state index in [0.717, 1.165) is 11.1 Å². The fourth-order valence-electron chi connectivity index (χ4n) is 6.92. The first-order chi connectivity index (χ1) is 18.8. The van der Waals surface area contributed by atoms with Crippen LogP contribution in [0.4, 0.5) is 0 Å². The van der Waals surface area contributed by atoms with Crippen LogP contribution in [0.2, 0.25) is 0 Å². The zero-order valence-electron chi connectivity index (χ0n) is 23.5. The number of aliphatic hydroxyl groups excluding tert-OH is 1. The number of hydrogen-bond acceptors (Lipinski definition) is 10. The molecule has 40 heavy (non-hydrogen) atoms. The lowest BCUT2D eigenvalue weighted by atomic mass is 9.50. The summed E-state index contributed by atoms with van der Waals surface area (Å²) < 4.78 is 17.4. The highest BCUT2D eigenvalue weighted by Gasteiger charge is 2.72. The van der Waals surface area contributed by atoms with Gasteiger partial charge in [0.1, 0.15) is 17.9 Å². The number of ether oxygens (including phenoxy) is 3. The lowest BCUT2D eigenvalue weighted by molar-refractivity contribution is -0.176. The molecule has 5 rings (SSSR count). The summed E-state index contributed by atoms with van der Waals surface area (Å²) in [6.07, 6.45) is -0.216. The van der Waals surface area contributed by atoms with E-state index in [1.165, 1.54) is 13.8 Å². The first-order valence-corrected chi connectivity index (χ1v) is 13.9. The van der Waals surface area contributed by atoms with Crippen LogP contribution in [-0.2, 0) is 35.7 Å². The Morgan fingerprint density at radius 3 is 2.60 bits per heavy atom. The zero-order chi connectivity index (χ0) is 29.1. The van der Waals surface area contributed by atoms with E-state index in [-0.39, 0.29) is 36.3 Å². The lowest BCUT2D eigenvalue weighted by Gasteiger charge is -2.61. The van der Waals surface area contributed by atoms with E-state index in [9.17, 15) is 29.7 Å². The Morgan fingerprint density at radius 1 is 1.20 bits per heavy atom. The van der Waals surface area contributed by atoms with Gasteiger partial charge in [-0.05, 0) is 70.3 Å². The number of amides is 1. The molecule has 1 saturated heterocycles. The number of phenols is 1. The van der Waals surface area contributed by atoms with Crippen LogP contribution < -0.4 is 10.1 Å². The van der Waals surface area contributed by atoms with Crippen LogP contribution >= 0.6 is 0 Å². The third kappa shape index (κ3) is 4.26. The number of hydrogen-bond donors (Lipinski definition) is 4. The third-order valence-electron chi connectivity index (χ3n) is 8.88. The van der Waals surface area contributed by atoms with Gasteiger partial charge in [-0.2, -0.15) is 0 Å². The number of rotatable bonds is 8. The van der Waals surface area contributed by atoms with Gasteiger partial charge in [-0.1, -0.05) is 19.9 Å². The van der Waals surface area contributed by atoms with Crippen molar-refractivity contribution in [1.82, 2.24) is 10.2 Å². The Hall–Kier alpha value is -3.15. The number of phenolic OH excluding ortho intramolecular Hbond substituents is 1. The molecule has 218 valence electrons. The molecule has 11 nitrogen and oxygen atoms in total. The Labute approximate surface area is 233 Å². The largest absolute Gasteiger partial charge is 0.504 e. The van der Waals surface area contributed by atoms with Crippen LogP contribution in [0, 0.1) is 5.92 Å². The summed E-state index contributed by atoms with van der Waals surface area (Å²) in [6.45, 7) is 7.08. The van der Waals surface area contributed by atoms with E-state index >= 15 is 0 Å². The number of carbonyl (C=O) groups is 3. The highest BCUT2D eigenvalue weighted by molar-refractivity contribution is 5.88. The molecule has 4 aliphatic rings. The van der Waals surface area contributed by atoms with Gasteiger partial charge in [0.15, 0.2) is 23.7 Å². The molecular formula is C29H38N2O9. The van der Waals surface area contributed by atoms with Crippen LogP contribution in [0.25, 0.3) is 0 Å². The summed E-state index contributed by atoms with van der Waals surface area (Å²) >= 11 is 0. The van der Waals surface area contributed by atoms with E-state index in [0.29, 0.717) is 25.1 Å². The summed E-state index contributed by atoms with van der Waals surface area (Å²) in [5.41, 5.74) is -0.349. The van der Waals surface area contributed by atoms with Crippen molar-refractivity contribution in [2.24, 2.45) is 5.92 Å². The number of nitrogens with one attached hydrogen (secondary N) is 1. The van der Waals surface area contributed by atoms with Crippen molar-refractivity contribution in [1.29, 1.82) is 0 Å². The Kier molecular flexibility index (Phi) is 7.12. The normalized spacial score (nSPS) is 30.4. The summed E-state index contributed by atoms with van der Waals surface area (Å²) in [5.74, 6) is -1.89. The third-order valence-corrected chi connectivity index (χ3v) is 8.88. The van der Waals surface area contributed by atoms with Gasteiger partial charge in [-0.3, -0.25) is 4.79 Å². The maximum absolute atomic E-state index is 13.2. The monoisotopic (exact) mass is 558 g/mol. The Morgan fingerprint density at radius 2 is 1.93 bits per heavy atom. The zero-order valence-corrected chi connectivity index (χ0v) is 23.5. The molecule has 2 aliphatic carbocycles. The number of carbonyl (C=O) groups excluding carboxylic acids is 3. The summed E-state index contributed by atoms with van der Waals surface area (Å²) in [5, 5.41) is 34.9. The minimum absolute atomic E-state index is 0.0239. The van der Waals surface area contributed by atoms with E-state index in [1.54, 1.807) is 12.1 Å². The van der Waals surface area contributed by atoms with Gasteiger partial charge in [-0.15, -0.1) is 0 Å². The maximum atomic E-state index is 13.2. The van der Waals surface area contributed by atoms with Crippen molar-refractivity contribution < 1.29 is 43.9 Å². The van der Waals surface area contributed by atoms with E-state index in [1.807, 2.05) is 27.0 Å². The van der Waals surface area contributed by atoms with Crippen LogP contribution in [0.5, 0.6) is 11.5 Å². The summed E-state index contributed by atoms with van der Waals surface area (Å²) in [7, 11) is 1.98. The van der Waals surface area contributed by atoms with Gasteiger partial charge >= 0.3 is 11.9 Å². The second-order valence-electron chi connectivity index (χ2n) is 12.0. The topological polar surface area (TPSA) is 155 Å². The molecule has 0 saturated carbocycles. The molecule has 4 N–H and O–H groups in total. The Balaban J connectivity index is 1.37. The lowest BCUT2D eigenvalue weighted by Crippen LogP contribution is -2.74. The smallest absolute Gasteiger partial charge is 0.352 e. The molecule has 11 heteroatoms. The number of aliphatic hydroxyl groups is 2. The molecule has 0 aromatic heterocycles. The number of likely N-dealkylation sites (N-methyl/N-ethyl adjacent to an activating group) is 1. The molecule has 1 aromatic carbocycles. The van der Waals surface area contributed by atoms with Gasteiger partial charge in [0.05, 0.1) is 11.0 Å². The average Bonchev–Trinajstić information content (AvgIpc) is 3.24. The van der Waals surface area contributed by atoms with Crippen LogP contribution in [0.1, 0.15) is 58.1 Å². The van der Waals surface area contributed by atoms with Crippen molar-refractivity contribution in [3.63, 3.8) is 0 Å². The molecule has 1 spiro atoms. The highest BCUT2D eigenvalue weighted by atomic mass is 16.6. The first-order valence-electron chi connectivity index (χ1n) is 13.9. The number of piperidine rings is 1. The molecule has 1 fully saturated rings. The number of aromatic hydroxyl groups is 1. The van der Waals surface area contributed by atoms with Gasteiger partial charge in [0.2, 0.25) is 5.91 Å². The second kappa shape index (κ2) is 10.0. The molecule has 2 aliphatic heterocycles. The van der Waals surface area contributed by atoms with E-state index in [4.69, 9.17) is 14.2 Å². The molecule has 0 radical (unpaired) electrons. The summed E-state index contributed by atoms with van der Waals surface area (Å²) in [6, 6.07) is 2.22. The van der Waals surface area contributed by atoms with Crippen molar-refractivity contribution in [2.75, 3.05) is 13.6 Å². The quantitative estimate of drug-likeness (QED) is 0.341. The number of likely N-dealkylation sites (tertiary alicyclic amines) is 1. The van der Waals surface area contributed by atoms with Gasteiger partial charge < -0.3 is 39.7 Å². The number of nitrogens with zero attached hydrogens (tertiary/aromatic N) is 1. The van der Waals surface area contributed by atoms with Crippen molar-refractivity contribution in [3.8, 4) is 11.5 Å². The number of esters is 2. The predicted molar refractivity (Wildman–Crippen MR) is 141 cm³/mol. The van der Waals surface area contributed by atoms with Crippen LogP contribution in [-0.4, -0.2) is 87.7 Å².